The Morgan fingerprint density at radius 2 is 0.967 bits per heavy atom. The fourth-order valence-corrected chi connectivity index (χ4v) is 22.5. The number of para-hydroxylation sites is 3. The summed E-state index contributed by atoms with van der Waals surface area (Å²) in [7, 11) is -3.29. The lowest BCUT2D eigenvalue weighted by atomic mass is 9.36. The van der Waals surface area contributed by atoms with Gasteiger partial charge in [-0.15, -0.1) is 11.3 Å². The number of anilines is 6. The molecule has 7 heteroatoms. The highest BCUT2D eigenvalue weighted by atomic mass is 32.1. The zero-order valence-corrected chi connectivity index (χ0v) is 52.9. The van der Waals surface area contributed by atoms with Crippen LogP contribution in [0.15, 0.2) is 308 Å². The van der Waals surface area contributed by atoms with Gasteiger partial charge in [-0.3, -0.25) is 0 Å². The molecule has 19 rings (SSSR count). The van der Waals surface area contributed by atoms with Crippen molar-refractivity contribution in [1.29, 1.82) is 0 Å². The van der Waals surface area contributed by atoms with Crippen LogP contribution < -0.4 is 51.0 Å². The first kappa shape index (κ1) is 53.2. The van der Waals surface area contributed by atoms with Crippen LogP contribution in [0.25, 0.3) is 54.3 Å². The van der Waals surface area contributed by atoms with E-state index in [1.54, 1.807) is 0 Å². The van der Waals surface area contributed by atoms with Crippen LogP contribution in [0, 0.1) is 0 Å². The van der Waals surface area contributed by atoms with Crippen molar-refractivity contribution in [2.24, 2.45) is 0 Å². The molecule has 0 atom stereocenters. The average Bonchev–Trinajstić information content (AvgIpc) is 1.34. The number of nitrogens with zero attached hydrogens (tertiary/aromatic N) is 2. The van der Waals surface area contributed by atoms with Crippen molar-refractivity contribution in [3.63, 3.8) is 0 Å². The minimum absolute atomic E-state index is 0.0720. The molecule has 2 aromatic heterocycles. The lowest BCUT2D eigenvalue weighted by Crippen LogP contribution is -2.75. The third-order valence-corrected chi connectivity index (χ3v) is 26.4. The predicted octanol–water partition coefficient (Wildman–Crippen LogP) is 17.7. The highest BCUT2D eigenvalue weighted by Gasteiger charge is 2.54. The zero-order chi connectivity index (χ0) is 61.0. The molecular weight excluding hydrogens is 1150 g/mol. The van der Waals surface area contributed by atoms with Gasteiger partial charge in [0.2, 0.25) is 0 Å². The molecule has 0 saturated carbocycles. The van der Waals surface area contributed by atoms with Crippen molar-refractivity contribution < 1.29 is 9.15 Å². The number of hydrogen-bond acceptors (Lipinski definition) is 5. The van der Waals surface area contributed by atoms with Gasteiger partial charge in [0.1, 0.15) is 22.7 Å². The summed E-state index contributed by atoms with van der Waals surface area (Å²) < 4.78 is 16.2. The second kappa shape index (κ2) is 19.9. The van der Waals surface area contributed by atoms with Gasteiger partial charge in [0.25, 0.3) is 6.71 Å². The summed E-state index contributed by atoms with van der Waals surface area (Å²) in [5.41, 5.74) is 21.4. The lowest BCUT2D eigenvalue weighted by Gasteiger charge is -2.46. The predicted molar refractivity (Wildman–Crippen MR) is 388 cm³/mol. The fraction of sp³-hybridized carbons (Fsp3) is 0.0588. The first-order chi connectivity index (χ1) is 45.2. The van der Waals surface area contributed by atoms with E-state index in [-0.39, 0.29) is 12.1 Å². The Bertz CT molecular complexity index is 5360. The summed E-state index contributed by atoms with van der Waals surface area (Å²) >= 11 is 1.95. The van der Waals surface area contributed by atoms with Gasteiger partial charge in [0.05, 0.1) is 11.1 Å². The van der Waals surface area contributed by atoms with E-state index in [4.69, 9.17) is 9.15 Å². The SMILES string of the molecule is CC(C)(C)c1ccc(N2c3cc4c(cc3B3c5sc6ccc(-c7ccccc7)cc6c5N(c5ccc6oc7ccccc7c6c5)c5cc([Si](c6ccccc6)(c6ccccc6)c6ccccc6)cc2c53)-c2ccccc2C42c3ccccc3Oc3ccccc32)cc1. The summed E-state index contributed by atoms with van der Waals surface area (Å²) in [6, 6.07) is 115. The van der Waals surface area contributed by atoms with Gasteiger partial charge < -0.3 is 19.0 Å². The quantitative estimate of drug-likeness (QED) is 0.117. The molecule has 0 radical (unpaired) electrons. The van der Waals surface area contributed by atoms with Crippen LogP contribution in [-0.2, 0) is 10.8 Å². The van der Waals surface area contributed by atoms with E-state index in [1.165, 1.54) is 108 Å². The van der Waals surface area contributed by atoms with E-state index in [1.807, 2.05) is 11.3 Å². The molecule has 4 nitrogen and oxygen atoms in total. The third kappa shape index (κ3) is 7.46. The van der Waals surface area contributed by atoms with Crippen molar-refractivity contribution in [2.45, 2.75) is 31.6 Å². The van der Waals surface area contributed by atoms with Crippen LogP contribution in [0.3, 0.4) is 0 Å². The highest BCUT2D eigenvalue weighted by molar-refractivity contribution is 7.34. The minimum atomic E-state index is -3.29. The van der Waals surface area contributed by atoms with Gasteiger partial charge in [-0.05, 0) is 155 Å². The molecule has 1 aliphatic carbocycles. The molecule has 1 spiro atoms. The van der Waals surface area contributed by atoms with Crippen LogP contribution in [0.2, 0.25) is 0 Å². The van der Waals surface area contributed by atoms with E-state index < -0.39 is 13.5 Å². The molecule has 0 N–H and O–H groups in total. The minimum Gasteiger partial charge on any atom is -0.457 e. The molecule has 0 unspecified atom stereocenters. The van der Waals surface area contributed by atoms with Crippen LogP contribution >= 0.6 is 11.3 Å². The van der Waals surface area contributed by atoms with Gasteiger partial charge in [0, 0.05) is 65.2 Å². The van der Waals surface area contributed by atoms with Gasteiger partial charge in [0.15, 0.2) is 8.07 Å². The first-order valence-corrected chi connectivity index (χ1v) is 34.8. The topological polar surface area (TPSA) is 28.9 Å². The molecule has 0 bridgehead atoms. The van der Waals surface area contributed by atoms with Gasteiger partial charge in [-0.2, -0.15) is 0 Å². The van der Waals surface area contributed by atoms with Gasteiger partial charge >= 0.3 is 0 Å². The summed E-state index contributed by atoms with van der Waals surface area (Å²) in [5, 5.41) is 8.64. The number of rotatable bonds is 7. The maximum atomic E-state index is 6.97. The zero-order valence-electron chi connectivity index (χ0n) is 51.1. The monoisotopic (exact) mass is 1210 g/mol. The smallest absolute Gasteiger partial charge is 0.264 e. The first-order valence-electron chi connectivity index (χ1n) is 32.0. The average molecular weight is 1210 g/mol. The Balaban J connectivity index is 1.01. The maximum absolute atomic E-state index is 6.97. The van der Waals surface area contributed by atoms with Crippen molar-refractivity contribution in [2.75, 3.05) is 9.80 Å². The number of thiophene rings is 1. The van der Waals surface area contributed by atoms with E-state index in [2.05, 4.69) is 334 Å². The molecule has 434 valence electrons. The molecule has 5 heterocycles. The Morgan fingerprint density at radius 3 is 1.63 bits per heavy atom. The molecule has 0 fully saturated rings. The second-order valence-corrected chi connectivity index (χ2v) is 31.1. The number of furan rings is 1. The van der Waals surface area contributed by atoms with Gasteiger partial charge in [-0.1, -0.05) is 245 Å². The summed E-state index contributed by atoms with van der Waals surface area (Å²) in [4.78, 5) is 5.34. The van der Waals surface area contributed by atoms with E-state index >= 15 is 0 Å². The molecule has 0 saturated heterocycles. The van der Waals surface area contributed by atoms with Crippen molar-refractivity contribution in [3.05, 3.63) is 331 Å². The normalized spacial score (nSPS) is 13.9. The van der Waals surface area contributed by atoms with E-state index in [9.17, 15) is 0 Å². The fourth-order valence-electron chi connectivity index (χ4n) is 16.4. The number of hydrogen-bond donors (Lipinski definition) is 0. The Kier molecular flexibility index (Phi) is 11.5. The van der Waals surface area contributed by atoms with Crippen molar-refractivity contribution in [3.8, 4) is 33.8 Å². The van der Waals surface area contributed by atoms with Crippen LogP contribution in [0.5, 0.6) is 11.5 Å². The summed E-state index contributed by atoms with van der Waals surface area (Å²) in [6.45, 7) is 6.76. The Hall–Kier alpha value is -10.7. The standard InChI is InChI=1S/C85H59BN2O2SSi/c1-84(2,3)56-41-43-57(44-42-56)87-73-53-71-65(63-32-16-18-34-68(63)85(71)69-35-19-22-38-78(69)90-79-39-23-20-36-70(79)85)52-72(73)86-81-74(87)50-62(92(59-26-10-5-11-27-59,60-28-12-6-13-29-60)61-30-14-7-15-31-61)51-75(81)88(58-45-46-77-66(49-58)64-33-17-21-37-76(64)89-77)82-67-48-55(54-24-8-4-9-25-54)40-47-80(67)91-83(82)86/h4-53H,1-3H3. The van der Waals surface area contributed by atoms with Crippen LogP contribution in [-0.4, -0.2) is 14.8 Å². The van der Waals surface area contributed by atoms with Crippen LogP contribution in [0.1, 0.15) is 48.6 Å². The Labute approximate surface area is 540 Å². The number of benzene rings is 13. The number of ether oxygens (including phenoxy) is 1. The second-order valence-electron chi connectivity index (χ2n) is 26.2. The molecular formula is C85H59BN2O2SSi. The van der Waals surface area contributed by atoms with Crippen LogP contribution in [0.4, 0.5) is 34.1 Å². The molecule has 4 aliphatic rings. The van der Waals surface area contributed by atoms with Crippen molar-refractivity contribution >= 4 is 129 Å². The molecule has 3 aliphatic heterocycles. The molecule has 13 aromatic carbocycles. The third-order valence-electron chi connectivity index (χ3n) is 20.4. The molecule has 15 aromatic rings. The maximum Gasteiger partial charge on any atom is 0.264 e. The van der Waals surface area contributed by atoms with Gasteiger partial charge in [-0.25, -0.2) is 0 Å². The van der Waals surface area contributed by atoms with E-state index in [0.717, 1.165) is 55.9 Å². The number of fused-ring (bicyclic) bond motifs is 18. The molecule has 0 amide bonds. The van der Waals surface area contributed by atoms with E-state index in [0.29, 0.717) is 0 Å². The summed E-state index contributed by atoms with van der Waals surface area (Å²) in [6.07, 6.45) is 0. The van der Waals surface area contributed by atoms with Crippen molar-refractivity contribution in [1.82, 2.24) is 0 Å². The highest BCUT2D eigenvalue weighted by Crippen LogP contribution is 2.63. The molecule has 92 heavy (non-hydrogen) atoms. The Morgan fingerprint density at radius 1 is 0.402 bits per heavy atom. The lowest BCUT2D eigenvalue weighted by molar-refractivity contribution is 0.436. The largest absolute Gasteiger partial charge is 0.457 e. The summed E-state index contributed by atoms with van der Waals surface area (Å²) in [5.74, 6) is 1.76.